The van der Waals surface area contributed by atoms with Crippen molar-refractivity contribution in [2.24, 2.45) is 11.8 Å². The van der Waals surface area contributed by atoms with Crippen molar-refractivity contribution in [3.05, 3.63) is 34.6 Å². The van der Waals surface area contributed by atoms with E-state index in [0.29, 0.717) is 17.9 Å². The van der Waals surface area contributed by atoms with E-state index >= 15 is 0 Å². The second kappa shape index (κ2) is 7.10. The van der Waals surface area contributed by atoms with Crippen molar-refractivity contribution in [1.82, 2.24) is 5.32 Å². The quantitative estimate of drug-likeness (QED) is 0.814. The molecule has 0 fully saturated rings. The third-order valence-electron chi connectivity index (χ3n) is 3.59. The molecule has 1 aromatic rings. The summed E-state index contributed by atoms with van der Waals surface area (Å²) in [6, 6.07) is 5.45. The SMILES string of the molecule is CCNC(Cc1ccc(Cl)c(F)c1)C(C)C(C)C. The molecule has 0 bridgehead atoms. The Morgan fingerprint density at radius 1 is 1.28 bits per heavy atom. The van der Waals surface area contributed by atoms with Gasteiger partial charge in [0.2, 0.25) is 0 Å². The van der Waals surface area contributed by atoms with Crippen LogP contribution in [0.15, 0.2) is 18.2 Å². The smallest absolute Gasteiger partial charge is 0.142 e. The van der Waals surface area contributed by atoms with Crippen LogP contribution in [0.3, 0.4) is 0 Å². The zero-order valence-electron chi connectivity index (χ0n) is 11.6. The summed E-state index contributed by atoms with van der Waals surface area (Å²) >= 11 is 5.70. The molecular weight excluding hydrogens is 249 g/mol. The van der Waals surface area contributed by atoms with Crippen LogP contribution in [0.4, 0.5) is 4.39 Å². The number of hydrogen-bond acceptors (Lipinski definition) is 1. The highest BCUT2D eigenvalue weighted by molar-refractivity contribution is 6.30. The standard InChI is InChI=1S/C15H23ClFN/c1-5-18-15(11(4)10(2)3)9-12-6-7-13(16)14(17)8-12/h6-8,10-11,15,18H,5,9H2,1-4H3. The summed E-state index contributed by atoms with van der Waals surface area (Å²) in [6.07, 6.45) is 0.835. The molecule has 102 valence electrons. The largest absolute Gasteiger partial charge is 0.314 e. The van der Waals surface area contributed by atoms with Crippen molar-refractivity contribution in [3.63, 3.8) is 0 Å². The lowest BCUT2D eigenvalue weighted by Gasteiger charge is -2.28. The lowest BCUT2D eigenvalue weighted by atomic mass is 9.86. The highest BCUT2D eigenvalue weighted by Crippen LogP contribution is 2.21. The molecule has 0 aliphatic heterocycles. The minimum absolute atomic E-state index is 0.190. The van der Waals surface area contributed by atoms with Crippen LogP contribution >= 0.6 is 11.6 Å². The van der Waals surface area contributed by atoms with Gasteiger partial charge in [-0.05, 0) is 42.5 Å². The zero-order valence-corrected chi connectivity index (χ0v) is 12.4. The van der Waals surface area contributed by atoms with Crippen LogP contribution in [0.1, 0.15) is 33.3 Å². The lowest BCUT2D eigenvalue weighted by Crippen LogP contribution is -2.38. The maximum absolute atomic E-state index is 13.4. The number of rotatable bonds is 6. The predicted octanol–water partition coefficient (Wildman–Crippen LogP) is 4.29. The first-order valence-electron chi connectivity index (χ1n) is 6.63. The number of likely N-dealkylation sites (N-methyl/N-ethyl adjacent to an activating group) is 1. The van der Waals surface area contributed by atoms with Gasteiger partial charge in [-0.25, -0.2) is 4.39 Å². The maximum atomic E-state index is 13.4. The molecule has 0 aliphatic rings. The van der Waals surface area contributed by atoms with Gasteiger partial charge in [0.15, 0.2) is 0 Å². The summed E-state index contributed by atoms with van der Waals surface area (Å²) in [5.74, 6) is 0.816. The van der Waals surface area contributed by atoms with E-state index in [9.17, 15) is 4.39 Å². The molecule has 1 nitrogen and oxygen atoms in total. The molecule has 0 saturated heterocycles. The Bertz CT molecular complexity index is 379. The molecule has 0 amide bonds. The summed E-state index contributed by atoms with van der Waals surface area (Å²) in [5, 5.41) is 3.68. The van der Waals surface area contributed by atoms with E-state index in [-0.39, 0.29) is 10.8 Å². The van der Waals surface area contributed by atoms with Crippen LogP contribution in [-0.2, 0) is 6.42 Å². The van der Waals surface area contributed by atoms with Gasteiger partial charge < -0.3 is 5.32 Å². The van der Waals surface area contributed by atoms with Crippen molar-refractivity contribution in [2.75, 3.05) is 6.54 Å². The lowest BCUT2D eigenvalue weighted by molar-refractivity contribution is 0.300. The van der Waals surface area contributed by atoms with Crippen molar-refractivity contribution in [1.29, 1.82) is 0 Å². The van der Waals surface area contributed by atoms with E-state index in [2.05, 4.69) is 33.0 Å². The van der Waals surface area contributed by atoms with Crippen molar-refractivity contribution in [2.45, 2.75) is 40.2 Å². The van der Waals surface area contributed by atoms with Gasteiger partial charge >= 0.3 is 0 Å². The maximum Gasteiger partial charge on any atom is 0.142 e. The summed E-state index contributed by atoms with van der Waals surface area (Å²) in [4.78, 5) is 0. The fourth-order valence-electron chi connectivity index (χ4n) is 2.09. The molecule has 0 spiro atoms. The molecule has 1 rings (SSSR count). The van der Waals surface area contributed by atoms with Gasteiger partial charge in [0.05, 0.1) is 5.02 Å². The molecule has 1 aromatic carbocycles. The first-order valence-corrected chi connectivity index (χ1v) is 7.00. The minimum Gasteiger partial charge on any atom is -0.314 e. The Balaban J connectivity index is 2.79. The monoisotopic (exact) mass is 271 g/mol. The Hall–Kier alpha value is -0.600. The first kappa shape index (κ1) is 15.5. The average molecular weight is 272 g/mol. The van der Waals surface area contributed by atoms with Crippen molar-refractivity contribution < 1.29 is 4.39 Å². The molecule has 2 atom stereocenters. The molecule has 1 N–H and O–H groups in total. The first-order chi connectivity index (χ1) is 8.45. The number of halogens is 2. The van der Waals surface area contributed by atoms with Gasteiger partial charge in [0, 0.05) is 6.04 Å². The molecule has 0 aliphatic carbocycles. The zero-order chi connectivity index (χ0) is 13.7. The van der Waals surface area contributed by atoms with Crippen LogP contribution in [0.25, 0.3) is 0 Å². The van der Waals surface area contributed by atoms with Crippen molar-refractivity contribution >= 4 is 11.6 Å². The van der Waals surface area contributed by atoms with Crippen LogP contribution in [0.5, 0.6) is 0 Å². The molecule has 0 radical (unpaired) electrons. The van der Waals surface area contributed by atoms with Gasteiger partial charge in [-0.15, -0.1) is 0 Å². The van der Waals surface area contributed by atoms with Gasteiger partial charge in [-0.3, -0.25) is 0 Å². The number of hydrogen-bond donors (Lipinski definition) is 1. The van der Waals surface area contributed by atoms with Gasteiger partial charge in [-0.2, -0.15) is 0 Å². The highest BCUT2D eigenvalue weighted by atomic mass is 35.5. The summed E-state index contributed by atoms with van der Waals surface area (Å²) in [5.41, 5.74) is 0.996. The molecule has 3 heteroatoms. The molecule has 2 unspecified atom stereocenters. The Morgan fingerprint density at radius 3 is 2.44 bits per heavy atom. The van der Waals surface area contributed by atoms with E-state index in [0.717, 1.165) is 18.5 Å². The van der Waals surface area contributed by atoms with Gasteiger partial charge in [0.25, 0.3) is 0 Å². The summed E-state index contributed by atoms with van der Waals surface area (Å²) < 4.78 is 13.4. The van der Waals surface area contributed by atoms with E-state index in [1.807, 2.05) is 6.07 Å². The minimum atomic E-state index is -0.332. The number of nitrogens with one attached hydrogen (secondary N) is 1. The topological polar surface area (TPSA) is 12.0 Å². The van der Waals surface area contributed by atoms with E-state index in [1.165, 1.54) is 0 Å². The summed E-state index contributed by atoms with van der Waals surface area (Å²) in [6.45, 7) is 9.71. The van der Waals surface area contributed by atoms with Crippen molar-refractivity contribution in [3.8, 4) is 0 Å². The molecule has 0 aromatic heterocycles. The van der Waals surface area contributed by atoms with E-state index in [1.54, 1.807) is 12.1 Å². The fourth-order valence-corrected chi connectivity index (χ4v) is 2.21. The van der Waals surface area contributed by atoms with E-state index < -0.39 is 0 Å². The molecule has 0 saturated carbocycles. The Kier molecular flexibility index (Phi) is 6.10. The Labute approximate surface area is 115 Å². The fraction of sp³-hybridized carbons (Fsp3) is 0.600. The van der Waals surface area contributed by atoms with Crippen LogP contribution < -0.4 is 5.32 Å². The van der Waals surface area contributed by atoms with Crippen LogP contribution in [0, 0.1) is 17.7 Å². The molecule has 0 heterocycles. The highest BCUT2D eigenvalue weighted by Gasteiger charge is 2.20. The third kappa shape index (κ3) is 4.25. The summed E-state index contributed by atoms with van der Waals surface area (Å²) in [7, 11) is 0. The normalized spacial score (nSPS) is 14.8. The predicted molar refractivity (Wildman–Crippen MR) is 76.6 cm³/mol. The van der Waals surface area contributed by atoms with Crippen LogP contribution in [-0.4, -0.2) is 12.6 Å². The average Bonchev–Trinajstić information content (AvgIpc) is 2.32. The second-order valence-corrected chi connectivity index (χ2v) is 5.63. The Morgan fingerprint density at radius 2 is 1.94 bits per heavy atom. The second-order valence-electron chi connectivity index (χ2n) is 5.22. The van der Waals surface area contributed by atoms with Gasteiger partial charge in [-0.1, -0.05) is 45.4 Å². The molecular formula is C15H23ClFN. The van der Waals surface area contributed by atoms with Gasteiger partial charge in [0.1, 0.15) is 5.82 Å². The third-order valence-corrected chi connectivity index (χ3v) is 3.90. The van der Waals surface area contributed by atoms with E-state index in [4.69, 9.17) is 11.6 Å². The number of benzene rings is 1. The molecule has 18 heavy (non-hydrogen) atoms. The van der Waals surface area contributed by atoms with Crippen LogP contribution in [0.2, 0.25) is 5.02 Å².